The fraction of sp³-hybridized carbons (Fsp3) is 0.250. The lowest BCUT2D eigenvalue weighted by atomic mass is 10.1. The maximum absolute atomic E-state index is 12.4. The molecule has 0 N–H and O–H groups in total. The average Bonchev–Trinajstić information content (AvgIpc) is 2.99. The molecule has 5 nitrogen and oxygen atoms in total. The van der Waals surface area contributed by atoms with E-state index in [1.54, 1.807) is 41.3 Å². The molecule has 26 heavy (non-hydrogen) atoms. The van der Waals surface area contributed by atoms with Crippen LogP contribution in [0.4, 0.5) is 5.69 Å². The number of esters is 1. The topological polar surface area (TPSA) is 63.7 Å². The largest absolute Gasteiger partial charge is 0.426 e. The van der Waals surface area contributed by atoms with Crippen LogP contribution in [0.15, 0.2) is 42.5 Å². The van der Waals surface area contributed by atoms with E-state index in [0.717, 1.165) is 5.56 Å². The van der Waals surface area contributed by atoms with E-state index in [4.69, 9.17) is 16.3 Å². The minimum atomic E-state index is -0.548. The van der Waals surface area contributed by atoms with Gasteiger partial charge < -0.3 is 9.64 Å². The fourth-order valence-electron chi connectivity index (χ4n) is 2.94. The third kappa shape index (κ3) is 3.63. The lowest BCUT2D eigenvalue weighted by Crippen LogP contribution is -2.27. The minimum Gasteiger partial charge on any atom is -0.426 e. The van der Waals surface area contributed by atoms with Gasteiger partial charge in [-0.3, -0.25) is 14.4 Å². The highest BCUT2D eigenvalue weighted by molar-refractivity contribution is 6.31. The molecule has 0 aromatic heterocycles. The van der Waals surface area contributed by atoms with Crippen LogP contribution < -0.4 is 9.64 Å². The van der Waals surface area contributed by atoms with Crippen LogP contribution in [0.25, 0.3) is 0 Å². The Balaban J connectivity index is 1.71. The molecule has 1 amide bonds. The Labute approximate surface area is 156 Å². The summed E-state index contributed by atoms with van der Waals surface area (Å²) in [7, 11) is 0. The Hall–Kier alpha value is -2.66. The Morgan fingerprint density at radius 2 is 1.85 bits per heavy atom. The van der Waals surface area contributed by atoms with Crippen molar-refractivity contribution in [2.75, 3.05) is 11.4 Å². The molecule has 0 spiro atoms. The summed E-state index contributed by atoms with van der Waals surface area (Å²) in [5, 5.41) is 0.576. The van der Waals surface area contributed by atoms with Gasteiger partial charge in [0.2, 0.25) is 5.91 Å². The minimum absolute atomic E-state index is 0.0585. The maximum atomic E-state index is 12.4. The van der Waals surface area contributed by atoms with E-state index in [2.05, 4.69) is 0 Å². The first-order chi connectivity index (χ1) is 12.4. The van der Waals surface area contributed by atoms with Gasteiger partial charge in [0, 0.05) is 29.2 Å². The zero-order valence-corrected chi connectivity index (χ0v) is 15.2. The normalized spacial score (nSPS) is 16.7. The van der Waals surface area contributed by atoms with Crippen LogP contribution in [0, 0.1) is 12.8 Å². The summed E-state index contributed by atoms with van der Waals surface area (Å²) in [6.07, 6.45) is 0.0936. The number of rotatable bonds is 4. The predicted molar refractivity (Wildman–Crippen MR) is 98.7 cm³/mol. The molecule has 0 unspecified atom stereocenters. The first-order valence-corrected chi connectivity index (χ1v) is 8.63. The van der Waals surface area contributed by atoms with Gasteiger partial charge >= 0.3 is 5.97 Å². The molecule has 0 aliphatic carbocycles. The summed E-state index contributed by atoms with van der Waals surface area (Å²) in [6, 6.07) is 11.7. The molecule has 1 heterocycles. The zero-order chi connectivity index (χ0) is 18.8. The van der Waals surface area contributed by atoms with Crippen LogP contribution in [0.5, 0.6) is 5.75 Å². The van der Waals surface area contributed by atoms with Gasteiger partial charge in [0.15, 0.2) is 5.78 Å². The quantitative estimate of drug-likeness (QED) is 0.465. The SMILES string of the molecule is CC(=O)c1ccc(OC(=O)[C@H]2CC(=O)N(c3cccc(Cl)c3C)C2)cc1. The number of hydrogen-bond acceptors (Lipinski definition) is 4. The molecule has 0 radical (unpaired) electrons. The van der Waals surface area contributed by atoms with Gasteiger partial charge in [0.25, 0.3) is 0 Å². The molecule has 2 aromatic carbocycles. The number of Topliss-reactive ketones (excluding diaryl/α,β-unsaturated/α-hetero) is 1. The van der Waals surface area contributed by atoms with Gasteiger partial charge in [-0.2, -0.15) is 0 Å². The van der Waals surface area contributed by atoms with E-state index in [1.165, 1.54) is 6.92 Å². The standard InChI is InChI=1S/C20H18ClNO4/c1-12-17(21)4-3-5-18(12)22-11-15(10-19(22)24)20(25)26-16-8-6-14(7-9-16)13(2)23/h3-9,15H,10-11H2,1-2H3/t15-/m0/s1. The second kappa shape index (κ2) is 7.30. The molecule has 3 rings (SSSR count). The van der Waals surface area contributed by atoms with Crippen molar-refractivity contribution in [3.8, 4) is 5.75 Å². The zero-order valence-electron chi connectivity index (χ0n) is 14.5. The lowest BCUT2D eigenvalue weighted by Gasteiger charge is -2.19. The maximum Gasteiger partial charge on any atom is 0.316 e. The third-order valence-electron chi connectivity index (χ3n) is 4.47. The van der Waals surface area contributed by atoms with E-state index in [1.807, 2.05) is 13.0 Å². The number of carbonyl (C=O) groups excluding carboxylic acids is 3. The summed E-state index contributed by atoms with van der Waals surface area (Å²) >= 11 is 6.13. The number of amides is 1. The van der Waals surface area contributed by atoms with Crippen LogP contribution in [0.2, 0.25) is 5.02 Å². The number of benzene rings is 2. The van der Waals surface area contributed by atoms with Gasteiger partial charge in [-0.05, 0) is 55.8 Å². The number of anilines is 1. The van der Waals surface area contributed by atoms with E-state index in [9.17, 15) is 14.4 Å². The Morgan fingerprint density at radius 3 is 2.50 bits per heavy atom. The van der Waals surface area contributed by atoms with Crippen LogP contribution in [-0.2, 0) is 9.59 Å². The highest BCUT2D eigenvalue weighted by Gasteiger charge is 2.37. The van der Waals surface area contributed by atoms with Crippen molar-refractivity contribution in [1.82, 2.24) is 0 Å². The number of hydrogen-bond donors (Lipinski definition) is 0. The number of nitrogens with zero attached hydrogens (tertiary/aromatic N) is 1. The second-order valence-corrected chi connectivity index (χ2v) is 6.70. The Bertz CT molecular complexity index is 876. The summed E-state index contributed by atoms with van der Waals surface area (Å²) in [5.74, 6) is -0.852. The molecule has 1 fully saturated rings. The number of carbonyl (C=O) groups is 3. The van der Waals surface area contributed by atoms with Crippen LogP contribution >= 0.6 is 11.6 Å². The highest BCUT2D eigenvalue weighted by Crippen LogP contribution is 2.32. The number of ether oxygens (including phenoxy) is 1. The van der Waals surface area contributed by atoms with E-state index >= 15 is 0 Å². The Kier molecular flexibility index (Phi) is 5.09. The Morgan fingerprint density at radius 1 is 1.15 bits per heavy atom. The molecule has 1 atom stereocenters. The molecular formula is C20H18ClNO4. The second-order valence-electron chi connectivity index (χ2n) is 6.29. The van der Waals surface area contributed by atoms with E-state index < -0.39 is 11.9 Å². The van der Waals surface area contributed by atoms with Gasteiger partial charge in [-0.25, -0.2) is 0 Å². The fourth-order valence-corrected chi connectivity index (χ4v) is 3.11. The molecule has 1 aliphatic heterocycles. The molecule has 134 valence electrons. The van der Waals surface area contributed by atoms with Crippen molar-refractivity contribution in [3.63, 3.8) is 0 Å². The smallest absolute Gasteiger partial charge is 0.316 e. The summed E-state index contributed by atoms with van der Waals surface area (Å²) in [4.78, 5) is 37.6. The summed E-state index contributed by atoms with van der Waals surface area (Å²) < 4.78 is 5.36. The van der Waals surface area contributed by atoms with Crippen LogP contribution in [0.1, 0.15) is 29.3 Å². The van der Waals surface area contributed by atoms with Crippen molar-refractivity contribution >= 4 is 34.9 Å². The van der Waals surface area contributed by atoms with Crippen molar-refractivity contribution in [1.29, 1.82) is 0 Å². The first-order valence-electron chi connectivity index (χ1n) is 8.25. The summed E-state index contributed by atoms with van der Waals surface area (Å²) in [5.41, 5.74) is 2.06. The summed E-state index contributed by atoms with van der Waals surface area (Å²) in [6.45, 7) is 3.56. The first kappa shape index (κ1) is 18.1. The van der Waals surface area contributed by atoms with Gasteiger partial charge in [0.1, 0.15) is 5.75 Å². The lowest BCUT2D eigenvalue weighted by molar-refractivity contribution is -0.139. The van der Waals surface area contributed by atoms with Gasteiger partial charge in [-0.15, -0.1) is 0 Å². The molecule has 6 heteroatoms. The van der Waals surface area contributed by atoms with Gasteiger partial charge in [0.05, 0.1) is 5.92 Å². The van der Waals surface area contributed by atoms with Crippen molar-refractivity contribution < 1.29 is 19.1 Å². The highest BCUT2D eigenvalue weighted by atomic mass is 35.5. The molecule has 0 bridgehead atoms. The molecule has 1 aliphatic rings. The predicted octanol–water partition coefficient (Wildman–Crippen LogP) is 3.81. The van der Waals surface area contributed by atoms with Crippen LogP contribution in [0.3, 0.4) is 0 Å². The molecule has 1 saturated heterocycles. The average molecular weight is 372 g/mol. The van der Waals surface area contributed by atoms with Crippen molar-refractivity contribution in [3.05, 3.63) is 58.6 Å². The third-order valence-corrected chi connectivity index (χ3v) is 4.88. The molecule has 2 aromatic rings. The van der Waals surface area contributed by atoms with E-state index in [0.29, 0.717) is 22.0 Å². The number of halogens is 1. The monoisotopic (exact) mass is 371 g/mol. The molecular weight excluding hydrogens is 354 g/mol. The van der Waals surface area contributed by atoms with Crippen molar-refractivity contribution in [2.45, 2.75) is 20.3 Å². The van der Waals surface area contributed by atoms with Crippen LogP contribution in [-0.4, -0.2) is 24.2 Å². The molecule has 0 saturated carbocycles. The van der Waals surface area contributed by atoms with E-state index in [-0.39, 0.29) is 24.7 Å². The van der Waals surface area contributed by atoms with Gasteiger partial charge in [-0.1, -0.05) is 17.7 Å². The van der Waals surface area contributed by atoms with Crippen molar-refractivity contribution in [2.24, 2.45) is 5.92 Å². The number of ketones is 1.